The molecule has 7 N–H and O–H groups in total. The topological polar surface area (TPSA) is 210 Å². The first-order valence-corrected chi connectivity index (χ1v) is 14.8. The molecule has 254 valence electrons. The number of nitrogens with two attached hydrogens (primary N) is 1. The number of carboxylic acids is 1. The molecule has 1 aromatic heterocycles. The van der Waals surface area contributed by atoms with Crippen LogP contribution >= 0.6 is 0 Å². The number of aliphatic carboxylic acids is 1. The van der Waals surface area contributed by atoms with Crippen molar-refractivity contribution in [1.82, 2.24) is 14.5 Å². The molecule has 2 aliphatic rings. The monoisotopic (exact) mass is 642 g/mol. The van der Waals surface area contributed by atoms with Gasteiger partial charge in [0.15, 0.2) is 12.5 Å². The van der Waals surface area contributed by atoms with Crippen LogP contribution in [0.4, 0.5) is 13.2 Å². The summed E-state index contributed by atoms with van der Waals surface area (Å²) in [4.78, 5) is 37.2. The zero-order valence-electron chi connectivity index (χ0n) is 24.9. The summed E-state index contributed by atoms with van der Waals surface area (Å²) in [5.74, 6) is -2.76. The number of nitrogens with one attached hydrogen (secondary N) is 1. The predicted octanol–water partition coefficient (Wildman–Crippen LogP) is 0.291. The largest absolute Gasteiger partial charge is 0.490 e. The van der Waals surface area contributed by atoms with Gasteiger partial charge in [-0.25, -0.2) is 9.59 Å². The number of halogens is 3. The van der Waals surface area contributed by atoms with Crippen LogP contribution in [0, 0.1) is 0 Å². The molecule has 1 aromatic rings. The first-order valence-electron chi connectivity index (χ1n) is 14.8. The SMILES string of the molecule is CCCCCN(CCCCC)C[C@H](O[C@@H]1O[C@H](CN)[C@@H](O)[C@H]1O)[C@@H]1C[C@@H](O)[C@H](n2ccc(=O)[nH]c2=O)O1.O=C(O)C(F)(F)F. The molecule has 0 aromatic carbocycles. The van der Waals surface area contributed by atoms with E-state index in [1.54, 1.807) is 0 Å². The van der Waals surface area contributed by atoms with Crippen molar-refractivity contribution >= 4 is 5.97 Å². The third kappa shape index (κ3) is 11.2. The van der Waals surface area contributed by atoms with Crippen LogP contribution in [0.25, 0.3) is 0 Å². The molecule has 17 heteroatoms. The van der Waals surface area contributed by atoms with Crippen molar-refractivity contribution in [1.29, 1.82) is 0 Å². The Labute approximate surface area is 252 Å². The number of carboxylic acid groups (broad SMARTS) is 1. The Balaban J connectivity index is 0.000000860. The average Bonchev–Trinajstić information content (AvgIpc) is 3.46. The number of alkyl halides is 3. The number of carbonyl (C=O) groups is 1. The zero-order chi connectivity index (χ0) is 33.0. The first-order chi connectivity index (χ1) is 20.7. The van der Waals surface area contributed by atoms with Crippen LogP contribution < -0.4 is 17.0 Å². The van der Waals surface area contributed by atoms with Gasteiger partial charge in [0.1, 0.15) is 24.4 Å². The fraction of sp³-hybridized carbons (Fsp3) is 0.815. The second kappa shape index (κ2) is 17.9. The van der Waals surface area contributed by atoms with E-state index in [-0.39, 0.29) is 13.0 Å². The number of aliphatic hydroxyl groups is 3. The van der Waals surface area contributed by atoms with Gasteiger partial charge in [0.25, 0.3) is 5.56 Å². The van der Waals surface area contributed by atoms with E-state index < -0.39 is 72.5 Å². The molecule has 2 fully saturated rings. The molecule has 0 amide bonds. The Morgan fingerprint density at radius 3 is 2.18 bits per heavy atom. The summed E-state index contributed by atoms with van der Waals surface area (Å²) in [6.45, 7) is 6.50. The number of hydrogen-bond acceptors (Lipinski definition) is 11. The minimum Gasteiger partial charge on any atom is -0.475 e. The number of aromatic nitrogens is 2. The predicted molar refractivity (Wildman–Crippen MR) is 150 cm³/mol. The minimum absolute atomic E-state index is 0.0265. The zero-order valence-corrected chi connectivity index (χ0v) is 24.9. The maximum Gasteiger partial charge on any atom is 0.490 e. The Morgan fingerprint density at radius 1 is 1.11 bits per heavy atom. The molecule has 0 spiro atoms. The Kier molecular flexibility index (Phi) is 15.4. The summed E-state index contributed by atoms with van der Waals surface area (Å²) in [7, 11) is 0. The molecule has 3 rings (SSSR count). The van der Waals surface area contributed by atoms with Crippen LogP contribution in [0.2, 0.25) is 0 Å². The maximum atomic E-state index is 12.3. The number of unbranched alkanes of at least 4 members (excludes halogenated alkanes) is 4. The van der Waals surface area contributed by atoms with Gasteiger partial charge in [-0.05, 0) is 25.9 Å². The summed E-state index contributed by atoms with van der Waals surface area (Å²) in [5.41, 5.74) is 4.45. The van der Waals surface area contributed by atoms with Gasteiger partial charge < -0.3 is 45.3 Å². The van der Waals surface area contributed by atoms with E-state index in [0.717, 1.165) is 56.2 Å². The van der Waals surface area contributed by atoms with Crippen LogP contribution in [0.15, 0.2) is 21.9 Å². The van der Waals surface area contributed by atoms with Crippen LogP contribution in [-0.4, -0.2) is 116 Å². The molecule has 0 saturated carbocycles. The first kappa shape index (κ1) is 37.8. The number of nitrogens with zero attached hydrogens (tertiary/aromatic N) is 2. The fourth-order valence-corrected chi connectivity index (χ4v) is 4.96. The van der Waals surface area contributed by atoms with Gasteiger partial charge in [0, 0.05) is 31.8 Å². The second-order valence-corrected chi connectivity index (χ2v) is 10.8. The lowest BCUT2D eigenvalue weighted by Crippen LogP contribution is -2.46. The van der Waals surface area contributed by atoms with Crippen molar-refractivity contribution in [2.24, 2.45) is 5.73 Å². The summed E-state index contributed by atoms with van der Waals surface area (Å²) in [6.07, 6.45) is -4.82. The van der Waals surface area contributed by atoms with Gasteiger partial charge in [0.05, 0.1) is 12.2 Å². The Bertz CT molecular complexity index is 1110. The number of H-pyrrole nitrogens is 1. The quantitative estimate of drug-likeness (QED) is 0.143. The van der Waals surface area contributed by atoms with Gasteiger partial charge in [-0.3, -0.25) is 14.3 Å². The third-order valence-electron chi connectivity index (χ3n) is 7.35. The van der Waals surface area contributed by atoms with Crippen molar-refractivity contribution < 1.29 is 52.6 Å². The molecule has 8 atom stereocenters. The van der Waals surface area contributed by atoms with Crippen LogP contribution in [0.3, 0.4) is 0 Å². The average molecular weight is 643 g/mol. The van der Waals surface area contributed by atoms with Crippen LogP contribution in [-0.2, 0) is 19.0 Å². The van der Waals surface area contributed by atoms with Crippen molar-refractivity contribution in [2.45, 2.75) is 114 Å². The van der Waals surface area contributed by atoms with Crippen molar-refractivity contribution in [3.63, 3.8) is 0 Å². The van der Waals surface area contributed by atoms with Crippen molar-refractivity contribution in [3.8, 4) is 0 Å². The van der Waals surface area contributed by atoms with Gasteiger partial charge in [-0.1, -0.05) is 39.5 Å². The molecule has 0 unspecified atom stereocenters. The Hall–Kier alpha value is -2.38. The van der Waals surface area contributed by atoms with Crippen LogP contribution in [0.1, 0.15) is 65.0 Å². The van der Waals surface area contributed by atoms with Crippen molar-refractivity contribution in [2.75, 3.05) is 26.2 Å². The molecule has 3 heterocycles. The number of ether oxygens (including phenoxy) is 3. The molecule has 0 radical (unpaired) electrons. The highest BCUT2D eigenvalue weighted by molar-refractivity contribution is 5.73. The van der Waals surface area contributed by atoms with E-state index in [9.17, 15) is 38.1 Å². The van der Waals surface area contributed by atoms with Gasteiger partial charge in [-0.15, -0.1) is 0 Å². The maximum absolute atomic E-state index is 12.3. The second-order valence-electron chi connectivity index (χ2n) is 10.8. The molecule has 14 nitrogen and oxygen atoms in total. The molecular formula is C27H45F3N4O10. The van der Waals surface area contributed by atoms with Crippen LogP contribution in [0.5, 0.6) is 0 Å². The lowest BCUT2D eigenvalue weighted by Gasteiger charge is -2.33. The summed E-state index contributed by atoms with van der Waals surface area (Å²) in [5, 5.41) is 38.7. The van der Waals surface area contributed by atoms with E-state index in [1.807, 2.05) is 0 Å². The molecule has 2 aliphatic heterocycles. The molecule has 0 bridgehead atoms. The van der Waals surface area contributed by atoms with Gasteiger partial charge in [0.2, 0.25) is 0 Å². The number of hydrogen-bond donors (Lipinski definition) is 6. The standard InChI is InChI=1S/C25H44N4O8.C2HF3O2/c1-3-5-7-10-28(11-8-6-4-2)15-19(37-24-22(33)21(32)18(14-26)36-24)17-13-16(30)23(35-17)29-12-9-20(31)27-25(29)34;3-2(4,5)1(6)7/h9,12,16-19,21-24,30,32-33H,3-8,10-11,13-15,26H2,1-2H3,(H,27,31,34);(H,6,7)/t16-,17+,18-,19+,21-,22-,23-,24+;/m1./s1. The highest BCUT2D eigenvalue weighted by Gasteiger charge is 2.47. The van der Waals surface area contributed by atoms with Gasteiger partial charge in [-0.2, -0.15) is 13.2 Å². The van der Waals surface area contributed by atoms with E-state index in [4.69, 9.17) is 29.8 Å². The molecule has 44 heavy (non-hydrogen) atoms. The lowest BCUT2D eigenvalue weighted by atomic mass is 10.1. The normalized spacial score (nSPS) is 27.7. The number of aromatic amines is 1. The number of aliphatic hydroxyl groups excluding tert-OH is 3. The molecule has 0 aliphatic carbocycles. The molecule has 2 saturated heterocycles. The molecular weight excluding hydrogens is 597 g/mol. The smallest absolute Gasteiger partial charge is 0.475 e. The van der Waals surface area contributed by atoms with E-state index >= 15 is 0 Å². The van der Waals surface area contributed by atoms with E-state index in [2.05, 4.69) is 23.7 Å². The van der Waals surface area contributed by atoms with E-state index in [1.165, 1.54) is 12.3 Å². The fourth-order valence-electron chi connectivity index (χ4n) is 4.96. The minimum atomic E-state index is -5.08. The highest BCUT2D eigenvalue weighted by Crippen LogP contribution is 2.33. The summed E-state index contributed by atoms with van der Waals surface area (Å²) >= 11 is 0. The van der Waals surface area contributed by atoms with Gasteiger partial charge >= 0.3 is 17.8 Å². The highest BCUT2D eigenvalue weighted by atomic mass is 19.4. The summed E-state index contributed by atoms with van der Waals surface area (Å²) in [6, 6.07) is 1.19. The lowest BCUT2D eigenvalue weighted by molar-refractivity contribution is -0.218. The number of rotatable bonds is 15. The third-order valence-corrected chi connectivity index (χ3v) is 7.35. The Morgan fingerprint density at radius 2 is 1.70 bits per heavy atom. The van der Waals surface area contributed by atoms with Crippen molar-refractivity contribution in [3.05, 3.63) is 33.1 Å². The summed E-state index contributed by atoms with van der Waals surface area (Å²) < 4.78 is 50.9. The van der Waals surface area contributed by atoms with E-state index in [0.29, 0.717) is 6.54 Å².